The number of esters is 1. The molecule has 0 bridgehead atoms. The molecule has 9 nitrogen and oxygen atoms in total. The first-order valence-corrected chi connectivity index (χ1v) is 8.34. The Morgan fingerprint density at radius 1 is 1.21 bits per heavy atom. The molecule has 0 aliphatic rings. The minimum Gasteiger partial charge on any atom is -0.449 e. The van der Waals surface area contributed by atoms with Gasteiger partial charge in [-0.15, -0.1) is 0 Å². The lowest BCUT2D eigenvalue weighted by molar-refractivity contribution is -0.387. The molecular weight excluding hydrogens is 385 g/mol. The summed E-state index contributed by atoms with van der Waals surface area (Å²) in [6, 6.07) is 10.5. The van der Waals surface area contributed by atoms with E-state index >= 15 is 0 Å². The molecule has 0 spiro atoms. The molecule has 0 fully saturated rings. The normalized spacial score (nSPS) is 11.7. The van der Waals surface area contributed by atoms with Gasteiger partial charge in [0.2, 0.25) is 11.4 Å². The third kappa shape index (κ3) is 4.26. The number of aromatic nitrogens is 1. The molecule has 0 saturated carbocycles. The first kappa shape index (κ1) is 19.7. The number of H-pyrrole nitrogens is 1. The Morgan fingerprint density at radius 2 is 1.93 bits per heavy atom. The van der Waals surface area contributed by atoms with Crippen molar-refractivity contribution in [2.75, 3.05) is 5.32 Å². The molecule has 2 N–H and O–H groups in total. The van der Waals surface area contributed by atoms with Crippen LogP contribution in [0.2, 0.25) is 0 Å². The van der Waals surface area contributed by atoms with Crippen LogP contribution in [0.3, 0.4) is 0 Å². The lowest BCUT2D eigenvalue weighted by atomic mass is 10.1. The van der Waals surface area contributed by atoms with E-state index in [2.05, 4.69) is 10.3 Å². The van der Waals surface area contributed by atoms with Crippen LogP contribution < -0.4 is 10.9 Å². The van der Waals surface area contributed by atoms with Crippen LogP contribution in [-0.2, 0) is 9.53 Å². The number of aromatic amines is 1. The van der Waals surface area contributed by atoms with Crippen LogP contribution in [0.4, 0.5) is 15.8 Å². The lowest BCUT2D eigenvalue weighted by Gasteiger charge is -2.14. The fraction of sp³-hybridized carbons (Fsp3) is 0.105. The standard InChI is InChI=1S/C19H14FN3O6/c1-10(18(25)21-11-6-7-14(20)16(8-11)23(27)28)29-19(26)13-9-17(24)22-15-5-3-2-4-12(13)15/h2-10H,1H3,(H,21,25)(H,22,24)/t10-/m0/s1. The maximum absolute atomic E-state index is 13.4. The van der Waals surface area contributed by atoms with Gasteiger partial charge < -0.3 is 15.0 Å². The summed E-state index contributed by atoms with van der Waals surface area (Å²) in [5.74, 6) is -2.72. The van der Waals surface area contributed by atoms with Crippen LogP contribution in [0.5, 0.6) is 0 Å². The molecule has 0 aliphatic carbocycles. The van der Waals surface area contributed by atoms with Gasteiger partial charge in [-0.25, -0.2) is 4.79 Å². The number of benzene rings is 2. The Bertz CT molecular complexity index is 1190. The molecule has 0 unspecified atom stereocenters. The molecule has 1 atom stereocenters. The Morgan fingerprint density at radius 3 is 2.66 bits per heavy atom. The van der Waals surface area contributed by atoms with Gasteiger partial charge in [-0.3, -0.25) is 19.7 Å². The van der Waals surface area contributed by atoms with Crippen molar-refractivity contribution < 1.29 is 23.6 Å². The highest BCUT2D eigenvalue weighted by atomic mass is 19.1. The predicted molar refractivity (Wildman–Crippen MR) is 101 cm³/mol. The van der Waals surface area contributed by atoms with Crippen molar-refractivity contribution in [3.63, 3.8) is 0 Å². The number of hydrogen-bond donors (Lipinski definition) is 2. The quantitative estimate of drug-likeness (QED) is 0.385. The summed E-state index contributed by atoms with van der Waals surface area (Å²) in [7, 11) is 0. The molecule has 3 aromatic rings. The highest BCUT2D eigenvalue weighted by molar-refractivity contribution is 6.04. The number of nitrogens with one attached hydrogen (secondary N) is 2. The number of halogens is 1. The number of nitrogens with zero attached hydrogens (tertiary/aromatic N) is 1. The van der Waals surface area contributed by atoms with E-state index < -0.39 is 40.0 Å². The van der Waals surface area contributed by atoms with Crippen molar-refractivity contribution in [1.29, 1.82) is 0 Å². The van der Waals surface area contributed by atoms with Gasteiger partial charge in [-0.2, -0.15) is 4.39 Å². The summed E-state index contributed by atoms with van der Waals surface area (Å²) in [5.41, 5.74) is -0.925. The summed E-state index contributed by atoms with van der Waals surface area (Å²) < 4.78 is 18.5. The first-order chi connectivity index (χ1) is 13.8. The number of nitro benzene ring substituents is 1. The minimum atomic E-state index is -1.29. The van der Waals surface area contributed by atoms with Crippen molar-refractivity contribution in [3.05, 3.63) is 80.4 Å². The highest BCUT2D eigenvalue weighted by Crippen LogP contribution is 2.22. The van der Waals surface area contributed by atoms with E-state index in [-0.39, 0.29) is 11.3 Å². The Hall–Kier alpha value is -4.08. The molecule has 0 saturated heterocycles. The maximum atomic E-state index is 13.4. The molecule has 2 aromatic carbocycles. The number of nitro groups is 1. The number of hydrogen-bond acceptors (Lipinski definition) is 6. The number of carbonyl (C=O) groups is 2. The van der Waals surface area contributed by atoms with Crippen LogP contribution in [0.15, 0.2) is 53.3 Å². The molecule has 29 heavy (non-hydrogen) atoms. The number of pyridine rings is 1. The zero-order valence-electron chi connectivity index (χ0n) is 15.0. The largest absolute Gasteiger partial charge is 0.449 e. The molecule has 1 aromatic heterocycles. The van der Waals surface area contributed by atoms with Crippen LogP contribution in [0.25, 0.3) is 10.9 Å². The Kier molecular flexibility index (Phi) is 5.35. The Labute approximate surface area is 162 Å². The van der Waals surface area contributed by atoms with Crippen LogP contribution in [0.1, 0.15) is 17.3 Å². The second-order valence-corrected chi connectivity index (χ2v) is 6.05. The zero-order valence-corrected chi connectivity index (χ0v) is 15.0. The fourth-order valence-electron chi connectivity index (χ4n) is 2.63. The number of rotatable bonds is 5. The van der Waals surface area contributed by atoms with E-state index in [1.807, 2.05) is 0 Å². The topological polar surface area (TPSA) is 131 Å². The summed E-state index contributed by atoms with van der Waals surface area (Å²) in [6.07, 6.45) is -1.29. The average Bonchev–Trinajstić information content (AvgIpc) is 2.68. The SMILES string of the molecule is C[C@H](OC(=O)c1cc(=O)[nH]c2ccccc12)C(=O)Nc1ccc(F)c([N+](=O)[O-])c1. The zero-order chi connectivity index (χ0) is 21.1. The number of ether oxygens (including phenoxy) is 1. The van der Waals surface area contributed by atoms with E-state index in [4.69, 9.17) is 4.74 Å². The molecule has 1 amide bonds. The molecular formula is C19H14FN3O6. The average molecular weight is 399 g/mol. The van der Waals surface area contributed by atoms with Crippen LogP contribution >= 0.6 is 0 Å². The molecule has 0 aliphatic heterocycles. The predicted octanol–water partition coefficient (Wildman–Crippen LogP) is 2.76. The van der Waals surface area contributed by atoms with Gasteiger partial charge in [-0.05, 0) is 25.1 Å². The first-order valence-electron chi connectivity index (χ1n) is 8.34. The van der Waals surface area contributed by atoms with Crippen molar-refractivity contribution in [3.8, 4) is 0 Å². The van der Waals surface area contributed by atoms with Crippen molar-refractivity contribution in [2.24, 2.45) is 0 Å². The van der Waals surface area contributed by atoms with E-state index in [0.29, 0.717) is 10.9 Å². The van der Waals surface area contributed by atoms with E-state index in [1.165, 1.54) is 6.92 Å². The number of carbonyl (C=O) groups excluding carboxylic acids is 2. The van der Waals surface area contributed by atoms with Gasteiger partial charge in [0.15, 0.2) is 6.10 Å². The highest BCUT2D eigenvalue weighted by Gasteiger charge is 2.22. The monoisotopic (exact) mass is 399 g/mol. The smallest absolute Gasteiger partial charge is 0.339 e. The summed E-state index contributed by atoms with van der Waals surface area (Å²) in [5, 5.41) is 13.5. The van der Waals surface area contributed by atoms with Crippen molar-refractivity contribution >= 4 is 34.2 Å². The number of anilines is 1. The third-order valence-electron chi connectivity index (χ3n) is 4.03. The van der Waals surface area contributed by atoms with E-state index in [1.54, 1.807) is 24.3 Å². The molecule has 0 radical (unpaired) electrons. The van der Waals surface area contributed by atoms with Crippen LogP contribution in [0, 0.1) is 15.9 Å². The van der Waals surface area contributed by atoms with Gasteiger partial charge in [-0.1, -0.05) is 18.2 Å². The van der Waals surface area contributed by atoms with E-state index in [9.17, 15) is 28.9 Å². The summed E-state index contributed by atoms with van der Waals surface area (Å²) in [6.45, 7) is 1.29. The van der Waals surface area contributed by atoms with Gasteiger partial charge in [0, 0.05) is 28.7 Å². The molecule has 1 heterocycles. The van der Waals surface area contributed by atoms with Crippen molar-refractivity contribution in [2.45, 2.75) is 13.0 Å². The van der Waals surface area contributed by atoms with E-state index in [0.717, 1.165) is 24.3 Å². The lowest BCUT2D eigenvalue weighted by Crippen LogP contribution is -2.30. The van der Waals surface area contributed by atoms with Gasteiger partial charge >= 0.3 is 11.7 Å². The summed E-state index contributed by atoms with van der Waals surface area (Å²) in [4.78, 5) is 48.9. The second kappa shape index (κ2) is 7.89. The molecule has 10 heteroatoms. The maximum Gasteiger partial charge on any atom is 0.339 e. The summed E-state index contributed by atoms with van der Waals surface area (Å²) >= 11 is 0. The van der Waals surface area contributed by atoms with Crippen molar-refractivity contribution in [1.82, 2.24) is 4.98 Å². The number of amides is 1. The Balaban J connectivity index is 1.77. The van der Waals surface area contributed by atoms with Gasteiger partial charge in [0.1, 0.15) is 0 Å². The third-order valence-corrected chi connectivity index (χ3v) is 4.03. The molecule has 3 rings (SSSR count). The second-order valence-electron chi connectivity index (χ2n) is 6.05. The number of fused-ring (bicyclic) bond motifs is 1. The van der Waals surface area contributed by atoms with Crippen LogP contribution in [-0.4, -0.2) is 27.9 Å². The van der Waals surface area contributed by atoms with Gasteiger partial charge in [0.25, 0.3) is 5.91 Å². The fourth-order valence-corrected chi connectivity index (χ4v) is 2.63. The van der Waals surface area contributed by atoms with Gasteiger partial charge in [0.05, 0.1) is 10.5 Å². The minimum absolute atomic E-state index is 0.0126. The molecule has 148 valence electrons. The number of para-hydroxylation sites is 1.